The number of esters is 2. The summed E-state index contributed by atoms with van der Waals surface area (Å²) in [6.07, 6.45) is 2.60. The van der Waals surface area contributed by atoms with E-state index in [4.69, 9.17) is 35.3 Å². The van der Waals surface area contributed by atoms with Gasteiger partial charge in [0, 0.05) is 36.5 Å². The molecule has 15 heteroatoms. The summed E-state index contributed by atoms with van der Waals surface area (Å²) in [5.74, 6) is -1.37. The highest BCUT2D eigenvalue weighted by Gasteiger charge is 2.35. The van der Waals surface area contributed by atoms with Gasteiger partial charge < -0.3 is 43.5 Å². The fourth-order valence-corrected chi connectivity index (χ4v) is 6.97. The van der Waals surface area contributed by atoms with E-state index in [9.17, 15) is 24.0 Å². The van der Waals surface area contributed by atoms with E-state index in [0.717, 1.165) is 32.1 Å². The molecule has 1 saturated carbocycles. The fourth-order valence-electron chi connectivity index (χ4n) is 6.77. The average Bonchev–Trinajstić information content (AvgIpc) is 3.39. The summed E-state index contributed by atoms with van der Waals surface area (Å²) in [4.78, 5) is 71.6. The van der Waals surface area contributed by atoms with Gasteiger partial charge in [-0.1, -0.05) is 36.2 Å². The molecule has 0 radical (unpaired) electrons. The molecule has 1 saturated heterocycles. The van der Waals surface area contributed by atoms with Crippen LogP contribution in [0.2, 0.25) is 5.02 Å². The molecule has 1 aliphatic heterocycles. The summed E-state index contributed by atoms with van der Waals surface area (Å²) in [7, 11) is 0. The summed E-state index contributed by atoms with van der Waals surface area (Å²) < 4.78 is 29.1. The van der Waals surface area contributed by atoms with Gasteiger partial charge in [-0.25, -0.2) is 19.2 Å². The van der Waals surface area contributed by atoms with Crippen molar-refractivity contribution in [1.82, 2.24) is 14.9 Å². The van der Waals surface area contributed by atoms with Gasteiger partial charge in [0.1, 0.15) is 39.9 Å². The number of hydrogen-bond donors (Lipinski definition) is 2. The lowest BCUT2D eigenvalue weighted by atomic mass is 9.98. The maximum absolute atomic E-state index is 14.3. The number of fused-ring (bicyclic) bond motifs is 1. The van der Waals surface area contributed by atoms with Gasteiger partial charge in [-0.15, -0.1) is 0 Å². The smallest absolute Gasteiger partial charge is 0.456 e. The molecule has 2 atom stereocenters. The standard InChI is InChI=1S/C39H51ClN4O10/c1-23(51-37(49)52-26-16-9-8-10-17-26)50-34(46)29-20-27-30(35(47)53-38(2,3)4)33(43-19-13-15-25(22-43)41-36(48)54-39(5,6)7)44(31(27)32(45)42-29)21-24-14-11-12-18-28(24)40/h11-12,14,18,20,23,25-26H,8-10,13,15-17,19,21-22H2,1-7H3,(H,41,48)(H,42,45)/t23?,25-/m1/s1. The second-order valence-corrected chi connectivity index (χ2v) is 16.2. The van der Waals surface area contributed by atoms with E-state index in [0.29, 0.717) is 35.8 Å². The second-order valence-electron chi connectivity index (χ2n) is 15.8. The second kappa shape index (κ2) is 16.7. The highest BCUT2D eigenvalue weighted by atomic mass is 35.5. The van der Waals surface area contributed by atoms with Gasteiger partial charge in [0.2, 0.25) is 6.29 Å². The number of nitrogens with one attached hydrogen (secondary N) is 2. The van der Waals surface area contributed by atoms with Crippen molar-refractivity contribution in [3.63, 3.8) is 0 Å². The van der Waals surface area contributed by atoms with Crippen LogP contribution in [0, 0.1) is 0 Å². The number of carbonyl (C=O) groups excluding carboxylic acids is 4. The van der Waals surface area contributed by atoms with Gasteiger partial charge in [-0.05, 0) is 97.8 Å². The minimum atomic E-state index is -1.35. The van der Waals surface area contributed by atoms with Crippen LogP contribution in [0.15, 0.2) is 35.1 Å². The Balaban J connectivity index is 1.56. The first-order chi connectivity index (χ1) is 25.4. The topological polar surface area (TPSA) is 167 Å². The maximum atomic E-state index is 14.3. The molecule has 1 unspecified atom stereocenters. The number of amides is 1. The molecule has 1 aromatic carbocycles. The van der Waals surface area contributed by atoms with E-state index in [1.54, 1.807) is 58.2 Å². The number of rotatable bonds is 9. The van der Waals surface area contributed by atoms with Gasteiger partial charge >= 0.3 is 24.2 Å². The Hall–Kier alpha value is -4.72. The number of halogens is 1. The predicted octanol–water partition coefficient (Wildman–Crippen LogP) is 7.47. The molecule has 3 heterocycles. The Bertz CT molecular complexity index is 1920. The summed E-state index contributed by atoms with van der Waals surface area (Å²) in [6.45, 7) is 12.7. The third-order valence-corrected chi connectivity index (χ3v) is 9.30. The van der Waals surface area contributed by atoms with Crippen LogP contribution in [0.5, 0.6) is 0 Å². The van der Waals surface area contributed by atoms with Crippen LogP contribution in [-0.2, 0) is 30.2 Å². The Morgan fingerprint density at radius 3 is 2.28 bits per heavy atom. The molecular weight excluding hydrogens is 720 g/mol. The van der Waals surface area contributed by atoms with Crippen molar-refractivity contribution in [3.8, 4) is 0 Å². The minimum Gasteiger partial charge on any atom is -0.456 e. The molecule has 1 aliphatic carbocycles. The zero-order chi connectivity index (χ0) is 39.4. The molecule has 5 rings (SSSR count). The third kappa shape index (κ3) is 10.5. The molecule has 3 aromatic rings. The lowest BCUT2D eigenvalue weighted by molar-refractivity contribution is -0.0917. The molecule has 54 heavy (non-hydrogen) atoms. The van der Waals surface area contributed by atoms with Gasteiger partial charge in [-0.3, -0.25) is 4.79 Å². The van der Waals surface area contributed by atoms with E-state index in [-0.39, 0.29) is 47.4 Å². The summed E-state index contributed by atoms with van der Waals surface area (Å²) >= 11 is 6.63. The van der Waals surface area contributed by atoms with Gasteiger partial charge in [0.25, 0.3) is 5.56 Å². The first-order valence-electron chi connectivity index (χ1n) is 18.5. The van der Waals surface area contributed by atoms with Crippen LogP contribution in [0.4, 0.5) is 15.4 Å². The molecule has 14 nitrogen and oxygen atoms in total. The number of ether oxygens (including phenoxy) is 5. The number of carbonyl (C=O) groups is 4. The highest BCUT2D eigenvalue weighted by Crippen LogP contribution is 2.36. The number of hydrogen-bond acceptors (Lipinski definition) is 11. The quantitative estimate of drug-likeness (QED) is 0.126. The Morgan fingerprint density at radius 2 is 1.61 bits per heavy atom. The third-order valence-electron chi connectivity index (χ3n) is 8.93. The van der Waals surface area contributed by atoms with Gasteiger partial charge in [-0.2, -0.15) is 0 Å². The molecule has 2 aliphatic rings. The van der Waals surface area contributed by atoms with E-state index >= 15 is 0 Å². The minimum absolute atomic E-state index is 0.0467. The van der Waals surface area contributed by atoms with Crippen molar-refractivity contribution in [2.45, 2.75) is 130 Å². The lowest BCUT2D eigenvalue weighted by Crippen LogP contribution is -2.49. The van der Waals surface area contributed by atoms with E-state index in [1.807, 2.05) is 17.0 Å². The molecule has 0 spiro atoms. The fraction of sp³-hybridized carbons (Fsp3) is 0.564. The summed E-state index contributed by atoms with van der Waals surface area (Å²) in [5.41, 5.74) is -1.79. The molecule has 2 aromatic heterocycles. The number of H-pyrrole nitrogens is 1. The van der Waals surface area contributed by atoms with E-state index < -0.39 is 47.2 Å². The molecule has 0 bridgehead atoms. The maximum Gasteiger partial charge on any atom is 0.511 e. The van der Waals surface area contributed by atoms with Crippen LogP contribution in [0.25, 0.3) is 10.9 Å². The van der Waals surface area contributed by atoms with Crippen molar-refractivity contribution < 1.29 is 42.9 Å². The highest BCUT2D eigenvalue weighted by molar-refractivity contribution is 6.31. The first-order valence-corrected chi connectivity index (χ1v) is 18.9. The first kappa shape index (κ1) is 40.5. The number of aromatic nitrogens is 2. The SMILES string of the molecule is CC(OC(=O)OC1CCCCC1)OC(=O)c1cc2c(C(=O)OC(C)(C)C)c(N3CCC[C@@H](NC(=O)OC(C)(C)C)C3)n(Cc3ccccc3Cl)c2c(=O)[nH]1. The van der Waals surface area contributed by atoms with Crippen molar-refractivity contribution in [2.24, 2.45) is 0 Å². The molecule has 294 valence electrons. The number of alkyl carbamates (subject to hydrolysis) is 1. The van der Waals surface area contributed by atoms with E-state index in [1.165, 1.54) is 13.0 Å². The van der Waals surface area contributed by atoms with E-state index in [2.05, 4.69) is 10.3 Å². The number of aromatic amines is 1. The van der Waals surface area contributed by atoms with Crippen LogP contribution in [-0.4, -0.2) is 76.5 Å². The Morgan fingerprint density at radius 1 is 0.926 bits per heavy atom. The zero-order valence-electron chi connectivity index (χ0n) is 32.0. The molecule has 1 amide bonds. The average molecular weight is 771 g/mol. The normalized spacial score (nSPS) is 17.4. The number of pyridine rings is 1. The van der Waals surface area contributed by atoms with Crippen molar-refractivity contribution >= 4 is 52.5 Å². The molecule has 2 N–H and O–H groups in total. The predicted molar refractivity (Wildman–Crippen MR) is 202 cm³/mol. The van der Waals surface area contributed by atoms with Gasteiger partial charge in [0.15, 0.2) is 0 Å². The van der Waals surface area contributed by atoms with Crippen LogP contribution in [0.3, 0.4) is 0 Å². The summed E-state index contributed by atoms with van der Waals surface area (Å²) in [5, 5.41) is 3.52. The number of nitrogens with zero attached hydrogens (tertiary/aromatic N) is 2. The van der Waals surface area contributed by atoms with Crippen molar-refractivity contribution in [2.75, 3.05) is 18.0 Å². The van der Waals surface area contributed by atoms with Crippen LogP contribution in [0.1, 0.15) is 120 Å². The Kier molecular flexibility index (Phi) is 12.5. The number of piperidine rings is 1. The van der Waals surface area contributed by atoms with Crippen LogP contribution < -0.4 is 15.8 Å². The summed E-state index contributed by atoms with van der Waals surface area (Å²) in [6, 6.07) is 8.14. The van der Waals surface area contributed by atoms with Crippen molar-refractivity contribution in [3.05, 3.63) is 62.5 Å². The molecule has 2 fully saturated rings. The molecular formula is C39H51ClN4O10. The monoisotopic (exact) mass is 770 g/mol. The van der Waals surface area contributed by atoms with Crippen LogP contribution >= 0.6 is 11.6 Å². The zero-order valence-corrected chi connectivity index (χ0v) is 32.8. The number of anilines is 1. The largest absolute Gasteiger partial charge is 0.511 e. The number of benzene rings is 1. The van der Waals surface area contributed by atoms with Crippen molar-refractivity contribution in [1.29, 1.82) is 0 Å². The Labute approximate surface area is 319 Å². The lowest BCUT2D eigenvalue weighted by Gasteiger charge is -2.36. The van der Waals surface area contributed by atoms with Gasteiger partial charge in [0.05, 0.1) is 6.54 Å².